The molecule has 0 bridgehead atoms. The van der Waals surface area contributed by atoms with Gasteiger partial charge in [0, 0.05) is 0 Å². The van der Waals surface area contributed by atoms with Gasteiger partial charge in [0.25, 0.3) is 5.91 Å². The van der Waals surface area contributed by atoms with E-state index in [1.165, 1.54) is 36.1 Å². The van der Waals surface area contributed by atoms with Crippen LogP contribution in [0.15, 0.2) is 42.5 Å². The van der Waals surface area contributed by atoms with Crippen LogP contribution in [-0.4, -0.2) is 12.0 Å². The van der Waals surface area contributed by atoms with E-state index in [2.05, 4.69) is 17.4 Å². The highest BCUT2D eigenvalue weighted by Crippen LogP contribution is 2.26. The van der Waals surface area contributed by atoms with Gasteiger partial charge < -0.3 is 10.1 Å². The maximum atomic E-state index is 13.1. The van der Waals surface area contributed by atoms with Gasteiger partial charge in [-0.2, -0.15) is 0 Å². The molecule has 0 heterocycles. The Morgan fingerprint density at radius 1 is 1.12 bits per heavy atom. The number of carbonyl (C=O) groups is 1. The van der Waals surface area contributed by atoms with E-state index in [4.69, 9.17) is 4.74 Å². The minimum absolute atomic E-state index is 0.151. The van der Waals surface area contributed by atoms with Crippen LogP contribution in [0.5, 0.6) is 5.75 Å². The van der Waals surface area contributed by atoms with E-state index < -0.39 is 6.10 Å². The highest BCUT2D eigenvalue weighted by molar-refractivity contribution is 5.81. The SMILES string of the molecule is CC[C@H](Oc1ccc2c(c1)CCCC2)C(=O)N[C@@H](C)c1ccc(F)cc1. The smallest absolute Gasteiger partial charge is 0.261 e. The molecule has 0 aliphatic heterocycles. The van der Waals surface area contributed by atoms with Crippen LogP contribution in [-0.2, 0) is 17.6 Å². The number of carbonyl (C=O) groups excluding carboxylic acids is 1. The van der Waals surface area contributed by atoms with Gasteiger partial charge >= 0.3 is 0 Å². The number of hydrogen-bond acceptors (Lipinski definition) is 2. The topological polar surface area (TPSA) is 38.3 Å². The molecule has 4 heteroatoms. The summed E-state index contributed by atoms with van der Waals surface area (Å²) in [4.78, 5) is 12.6. The molecule has 1 amide bonds. The van der Waals surface area contributed by atoms with Gasteiger partial charge in [-0.1, -0.05) is 25.1 Å². The zero-order valence-corrected chi connectivity index (χ0v) is 15.4. The van der Waals surface area contributed by atoms with Crippen molar-refractivity contribution in [2.75, 3.05) is 0 Å². The molecule has 0 fully saturated rings. The minimum atomic E-state index is -0.542. The van der Waals surface area contributed by atoms with Crippen molar-refractivity contribution in [3.05, 3.63) is 65.0 Å². The lowest BCUT2D eigenvalue weighted by molar-refractivity contribution is -0.128. The summed E-state index contributed by atoms with van der Waals surface area (Å²) in [7, 11) is 0. The average Bonchev–Trinajstić information content (AvgIpc) is 2.66. The van der Waals surface area contributed by atoms with Crippen LogP contribution in [0.4, 0.5) is 4.39 Å². The van der Waals surface area contributed by atoms with Gasteiger partial charge in [-0.3, -0.25) is 4.79 Å². The first-order valence-corrected chi connectivity index (χ1v) is 9.41. The third-order valence-corrected chi connectivity index (χ3v) is 4.99. The van der Waals surface area contributed by atoms with Crippen molar-refractivity contribution in [1.82, 2.24) is 5.32 Å². The van der Waals surface area contributed by atoms with Crippen molar-refractivity contribution in [3.8, 4) is 5.75 Å². The van der Waals surface area contributed by atoms with Gasteiger partial charge in [-0.25, -0.2) is 4.39 Å². The second-order valence-electron chi connectivity index (χ2n) is 6.93. The molecule has 26 heavy (non-hydrogen) atoms. The predicted molar refractivity (Wildman–Crippen MR) is 101 cm³/mol. The Bertz CT molecular complexity index is 757. The molecule has 1 N–H and O–H groups in total. The van der Waals surface area contributed by atoms with Crippen LogP contribution in [0.25, 0.3) is 0 Å². The van der Waals surface area contributed by atoms with Gasteiger partial charge in [0.1, 0.15) is 11.6 Å². The molecule has 2 aromatic rings. The van der Waals surface area contributed by atoms with Crippen molar-refractivity contribution in [2.24, 2.45) is 0 Å². The maximum Gasteiger partial charge on any atom is 0.261 e. The Kier molecular flexibility index (Phi) is 5.92. The minimum Gasteiger partial charge on any atom is -0.481 e. The normalized spacial score (nSPS) is 15.7. The molecular weight excluding hydrogens is 329 g/mol. The molecule has 3 rings (SSSR count). The number of aryl methyl sites for hydroxylation is 2. The fourth-order valence-electron chi connectivity index (χ4n) is 3.41. The van der Waals surface area contributed by atoms with E-state index in [1.54, 1.807) is 12.1 Å². The van der Waals surface area contributed by atoms with E-state index in [1.807, 2.05) is 19.9 Å². The number of fused-ring (bicyclic) bond motifs is 1. The second-order valence-corrected chi connectivity index (χ2v) is 6.93. The molecule has 0 saturated heterocycles. The van der Waals surface area contributed by atoms with Crippen LogP contribution in [0.1, 0.15) is 55.8 Å². The first kappa shape index (κ1) is 18.4. The standard InChI is InChI=1S/C22H26FNO2/c1-3-21(22(25)24-15(2)16-8-11-19(23)12-9-16)26-20-13-10-17-6-4-5-7-18(17)14-20/h8-15,21H,3-7H2,1-2H3,(H,24,25)/t15-,21-/m0/s1. The molecule has 0 spiro atoms. The molecule has 0 unspecified atom stereocenters. The summed E-state index contributed by atoms with van der Waals surface area (Å²) >= 11 is 0. The van der Waals surface area contributed by atoms with E-state index in [9.17, 15) is 9.18 Å². The molecular formula is C22H26FNO2. The molecule has 2 aromatic carbocycles. The number of rotatable bonds is 6. The predicted octanol–water partition coefficient (Wildman–Crippen LogP) is 4.74. The van der Waals surface area contributed by atoms with Crippen LogP contribution < -0.4 is 10.1 Å². The molecule has 1 aliphatic rings. The summed E-state index contributed by atoms with van der Waals surface area (Å²) in [6, 6.07) is 12.1. The van der Waals surface area contributed by atoms with Gasteiger partial charge in [0.15, 0.2) is 6.10 Å². The Balaban J connectivity index is 1.64. The number of ether oxygens (including phenoxy) is 1. The van der Waals surface area contributed by atoms with E-state index >= 15 is 0 Å². The van der Waals surface area contributed by atoms with Crippen molar-refractivity contribution in [3.63, 3.8) is 0 Å². The molecule has 0 aromatic heterocycles. The Hall–Kier alpha value is -2.36. The molecule has 2 atom stereocenters. The zero-order valence-electron chi connectivity index (χ0n) is 15.4. The quantitative estimate of drug-likeness (QED) is 0.813. The lowest BCUT2D eigenvalue weighted by Gasteiger charge is -2.22. The largest absolute Gasteiger partial charge is 0.481 e. The second kappa shape index (κ2) is 8.35. The van der Waals surface area contributed by atoms with Gasteiger partial charge in [0.2, 0.25) is 0 Å². The molecule has 138 valence electrons. The molecule has 1 aliphatic carbocycles. The lowest BCUT2D eigenvalue weighted by atomic mass is 9.92. The Labute approximate surface area is 154 Å². The van der Waals surface area contributed by atoms with E-state index in [-0.39, 0.29) is 17.8 Å². The Morgan fingerprint density at radius 2 is 1.81 bits per heavy atom. The number of amides is 1. The average molecular weight is 355 g/mol. The highest BCUT2D eigenvalue weighted by atomic mass is 19.1. The van der Waals surface area contributed by atoms with Crippen LogP contribution in [0.2, 0.25) is 0 Å². The van der Waals surface area contributed by atoms with Crippen LogP contribution >= 0.6 is 0 Å². The van der Waals surface area contributed by atoms with Crippen molar-refractivity contribution >= 4 is 5.91 Å². The number of benzene rings is 2. The fourth-order valence-corrected chi connectivity index (χ4v) is 3.41. The van der Waals surface area contributed by atoms with Crippen LogP contribution in [0, 0.1) is 5.82 Å². The first-order chi connectivity index (χ1) is 12.6. The van der Waals surface area contributed by atoms with E-state index in [0.717, 1.165) is 24.2 Å². The molecule has 0 saturated carbocycles. The van der Waals surface area contributed by atoms with Crippen molar-refractivity contribution in [2.45, 2.75) is 58.1 Å². The van der Waals surface area contributed by atoms with Crippen molar-refractivity contribution in [1.29, 1.82) is 0 Å². The number of hydrogen-bond donors (Lipinski definition) is 1. The third kappa shape index (κ3) is 4.43. The van der Waals surface area contributed by atoms with Gasteiger partial charge in [-0.05, 0) is 80.0 Å². The molecule has 3 nitrogen and oxygen atoms in total. The summed E-state index contributed by atoms with van der Waals surface area (Å²) in [5, 5.41) is 2.96. The lowest BCUT2D eigenvalue weighted by Crippen LogP contribution is -2.39. The third-order valence-electron chi connectivity index (χ3n) is 4.99. The zero-order chi connectivity index (χ0) is 18.5. The highest BCUT2D eigenvalue weighted by Gasteiger charge is 2.21. The fraction of sp³-hybridized carbons (Fsp3) is 0.409. The summed E-state index contributed by atoms with van der Waals surface area (Å²) in [6.45, 7) is 3.82. The van der Waals surface area contributed by atoms with E-state index in [0.29, 0.717) is 6.42 Å². The first-order valence-electron chi connectivity index (χ1n) is 9.41. The monoisotopic (exact) mass is 355 g/mol. The number of nitrogens with one attached hydrogen (secondary N) is 1. The van der Waals surface area contributed by atoms with Gasteiger partial charge in [0.05, 0.1) is 6.04 Å². The summed E-state index contributed by atoms with van der Waals surface area (Å²) in [6.07, 6.45) is 4.70. The van der Waals surface area contributed by atoms with Crippen molar-refractivity contribution < 1.29 is 13.9 Å². The Morgan fingerprint density at radius 3 is 2.50 bits per heavy atom. The van der Waals surface area contributed by atoms with Gasteiger partial charge in [-0.15, -0.1) is 0 Å². The summed E-state index contributed by atoms with van der Waals surface area (Å²) in [5.74, 6) is 0.318. The summed E-state index contributed by atoms with van der Waals surface area (Å²) in [5.41, 5.74) is 3.60. The summed E-state index contributed by atoms with van der Waals surface area (Å²) < 4.78 is 19.0. The van der Waals surface area contributed by atoms with Crippen LogP contribution in [0.3, 0.4) is 0 Å². The molecule has 0 radical (unpaired) electrons. The number of halogens is 1. The maximum absolute atomic E-state index is 13.1.